The number of cyclic esters (lactones) is 1. The molecule has 5 unspecified atom stereocenters. The van der Waals surface area contributed by atoms with Crippen LogP contribution in [0.2, 0.25) is 0 Å². The fraction of sp³-hybridized carbons (Fsp3) is 0.882. The molecule has 0 radical (unpaired) electrons. The summed E-state index contributed by atoms with van der Waals surface area (Å²) in [5, 5.41) is 11.2. The zero-order valence-corrected chi connectivity index (χ0v) is 27.1. The second-order valence-electron chi connectivity index (χ2n) is 16.4. The minimum absolute atomic E-state index is 0.0629. The Balaban J connectivity index is 1.38. The van der Waals surface area contributed by atoms with Crippen molar-refractivity contribution in [3.8, 4) is 0 Å². The van der Waals surface area contributed by atoms with Gasteiger partial charge in [-0.1, -0.05) is 6.92 Å². The van der Waals surface area contributed by atoms with Crippen molar-refractivity contribution >= 4 is 23.9 Å². The highest BCUT2D eigenvalue weighted by Gasteiger charge is 2.60. The third-order valence-corrected chi connectivity index (χ3v) is 11.4. The van der Waals surface area contributed by atoms with E-state index in [0.717, 1.165) is 57.8 Å². The lowest BCUT2D eigenvalue weighted by atomic mass is 9.52. The zero-order valence-electron chi connectivity index (χ0n) is 27.1. The Kier molecular flexibility index (Phi) is 8.26. The standard InChI is InChI=1S/C34H52O9/c1-7-30(4,28(38)43-34-17-22-14-23(18-34)16-33(39,15-22)21-34)20-31(5,27(37)41-24-10-13-40-25(24)35)19-29(2,3)26(36)42-32(6)11-8-9-12-32/h22-24,39H,7-21H2,1-6H3. The number of carbonyl (C=O) groups is 4. The van der Waals surface area contributed by atoms with Gasteiger partial charge in [-0.15, -0.1) is 0 Å². The van der Waals surface area contributed by atoms with Gasteiger partial charge in [0, 0.05) is 12.8 Å². The third-order valence-electron chi connectivity index (χ3n) is 11.4. The van der Waals surface area contributed by atoms with E-state index in [4.69, 9.17) is 18.9 Å². The van der Waals surface area contributed by atoms with Gasteiger partial charge in [0.1, 0.15) is 11.2 Å². The van der Waals surface area contributed by atoms with Crippen molar-refractivity contribution in [2.45, 2.75) is 154 Å². The summed E-state index contributed by atoms with van der Waals surface area (Å²) in [7, 11) is 0. The molecule has 9 heteroatoms. The van der Waals surface area contributed by atoms with E-state index in [-0.39, 0.29) is 25.9 Å². The van der Waals surface area contributed by atoms with Crippen LogP contribution in [0.4, 0.5) is 0 Å². The van der Waals surface area contributed by atoms with Crippen LogP contribution in [0.3, 0.4) is 0 Å². The number of hydrogen-bond donors (Lipinski definition) is 1. The van der Waals surface area contributed by atoms with Crippen molar-refractivity contribution in [3.05, 3.63) is 0 Å². The maximum atomic E-state index is 14.1. The first-order chi connectivity index (χ1) is 19.9. The van der Waals surface area contributed by atoms with Gasteiger partial charge in [0.2, 0.25) is 6.10 Å². The monoisotopic (exact) mass is 604 g/mol. The zero-order chi connectivity index (χ0) is 31.5. The molecule has 5 aliphatic carbocycles. The average molecular weight is 605 g/mol. The predicted molar refractivity (Wildman–Crippen MR) is 156 cm³/mol. The summed E-state index contributed by atoms with van der Waals surface area (Å²) < 4.78 is 23.2. The molecule has 6 aliphatic rings. The first-order valence-electron chi connectivity index (χ1n) is 16.5. The minimum Gasteiger partial charge on any atom is -0.463 e. The van der Waals surface area contributed by atoms with Crippen LogP contribution in [0.5, 0.6) is 0 Å². The molecule has 0 aromatic rings. The largest absolute Gasteiger partial charge is 0.463 e. The summed E-state index contributed by atoms with van der Waals surface area (Å²) >= 11 is 0. The molecule has 9 nitrogen and oxygen atoms in total. The maximum Gasteiger partial charge on any atom is 0.347 e. The quantitative estimate of drug-likeness (QED) is 0.238. The van der Waals surface area contributed by atoms with E-state index in [1.165, 1.54) is 0 Å². The molecule has 0 aromatic heterocycles. The molecule has 242 valence electrons. The van der Waals surface area contributed by atoms with Gasteiger partial charge < -0.3 is 24.1 Å². The van der Waals surface area contributed by atoms with Crippen molar-refractivity contribution in [1.82, 2.24) is 0 Å². The summed E-state index contributed by atoms with van der Waals surface area (Å²) in [4.78, 5) is 53.9. The highest BCUT2D eigenvalue weighted by molar-refractivity contribution is 5.85. The van der Waals surface area contributed by atoms with Crippen LogP contribution >= 0.6 is 0 Å². The van der Waals surface area contributed by atoms with Crippen LogP contribution in [0, 0.1) is 28.1 Å². The van der Waals surface area contributed by atoms with Crippen molar-refractivity contribution in [2.75, 3.05) is 6.61 Å². The third kappa shape index (κ3) is 6.48. The van der Waals surface area contributed by atoms with Gasteiger partial charge in [0.25, 0.3) is 0 Å². The summed E-state index contributed by atoms with van der Waals surface area (Å²) in [6.07, 6.45) is 7.99. The van der Waals surface area contributed by atoms with Crippen LogP contribution < -0.4 is 0 Å². The molecule has 0 aromatic carbocycles. The first-order valence-corrected chi connectivity index (χ1v) is 16.5. The smallest absolute Gasteiger partial charge is 0.347 e. The van der Waals surface area contributed by atoms with E-state index in [1.807, 2.05) is 20.8 Å². The van der Waals surface area contributed by atoms with Gasteiger partial charge in [-0.25, -0.2) is 4.79 Å². The number of aliphatic hydroxyl groups is 1. The van der Waals surface area contributed by atoms with Gasteiger partial charge in [-0.3, -0.25) is 14.4 Å². The van der Waals surface area contributed by atoms with Crippen LogP contribution in [-0.2, 0) is 38.1 Å². The minimum atomic E-state index is -1.31. The number of hydrogen-bond acceptors (Lipinski definition) is 9. The molecule has 0 amide bonds. The summed E-state index contributed by atoms with van der Waals surface area (Å²) in [6, 6.07) is 0. The number of ether oxygens (including phenoxy) is 4. The summed E-state index contributed by atoms with van der Waals surface area (Å²) in [6.45, 7) is 11.1. The van der Waals surface area contributed by atoms with Gasteiger partial charge in [-0.2, -0.15) is 0 Å². The maximum absolute atomic E-state index is 14.1. The molecule has 1 heterocycles. The lowest BCUT2D eigenvalue weighted by Gasteiger charge is -2.59. The molecule has 4 bridgehead atoms. The van der Waals surface area contributed by atoms with E-state index in [1.54, 1.807) is 20.8 Å². The Morgan fingerprint density at radius 1 is 0.907 bits per heavy atom. The second-order valence-corrected chi connectivity index (χ2v) is 16.4. The number of rotatable bonds is 11. The molecule has 5 saturated carbocycles. The Morgan fingerprint density at radius 2 is 1.53 bits per heavy atom. The molecule has 6 fully saturated rings. The Bertz CT molecular complexity index is 1120. The summed E-state index contributed by atoms with van der Waals surface area (Å²) in [5.74, 6) is -1.29. The molecular weight excluding hydrogens is 552 g/mol. The highest BCUT2D eigenvalue weighted by Crippen LogP contribution is 2.59. The fourth-order valence-corrected chi connectivity index (χ4v) is 9.47. The van der Waals surface area contributed by atoms with E-state index in [9.17, 15) is 24.3 Å². The SMILES string of the molecule is CCC(C)(CC(C)(CC(C)(C)C(=O)OC1(C)CCCC1)C(=O)OC1CCOC1=O)C(=O)OC12CC3CC(CC(O)(C3)C1)C2. The molecule has 1 aliphatic heterocycles. The van der Waals surface area contributed by atoms with Crippen molar-refractivity contribution in [2.24, 2.45) is 28.1 Å². The van der Waals surface area contributed by atoms with Gasteiger partial charge in [0.05, 0.1) is 28.5 Å². The number of esters is 4. The predicted octanol–water partition coefficient (Wildman–Crippen LogP) is 5.58. The Hall–Kier alpha value is -2.16. The normalized spacial score (nSPS) is 35.5. The lowest BCUT2D eigenvalue weighted by molar-refractivity contribution is -0.227. The van der Waals surface area contributed by atoms with Crippen LogP contribution in [-0.4, -0.2) is 58.5 Å². The van der Waals surface area contributed by atoms with Gasteiger partial charge >= 0.3 is 23.9 Å². The molecular formula is C34H52O9. The van der Waals surface area contributed by atoms with Crippen LogP contribution in [0.25, 0.3) is 0 Å². The molecule has 1 N–H and O–H groups in total. The van der Waals surface area contributed by atoms with Crippen LogP contribution in [0.1, 0.15) is 131 Å². The molecule has 1 saturated heterocycles. The van der Waals surface area contributed by atoms with Crippen LogP contribution in [0.15, 0.2) is 0 Å². The van der Waals surface area contributed by atoms with E-state index < -0.39 is 63.0 Å². The topological polar surface area (TPSA) is 125 Å². The Morgan fingerprint density at radius 3 is 2.07 bits per heavy atom. The van der Waals surface area contributed by atoms with Gasteiger partial charge in [-0.05, 0) is 124 Å². The molecule has 5 atom stereocenters. The van der Waals surface area contributed by atoms with Crippen molar-refractivity contribution < 1.29 is 43.2 Å². The lowest BCUT2D eigenvalue weighted by Crippen LogP contribution is -2.61. The van der Waals surface area contributed by atoms with Gasteiger partial charge in [0.15, 0.2) is 0 Å². The highest BCUT2D eigenvalue weighted by atomic mass is 16.6. The average Bonchev–Trinajstić information content (AvgIpc) is 3.49. The fourth-order valence-electron chi connectivity index (χ4n) is 9.47. The van der Waals surface area contributed by atoms with Crippen molar-refractivity contribution in [1.29, 1.82) is 0 Å². The van der Waals surface area contributed by atoms with E-state index in [2.05, 4.69) is 0 Å². The Labute approximate surface area is 256 Å². The molecule has 43 heavy (non-hydrogen) atoms. The number of carbonyl (C=O) groups excluding carboxylic acids is 4. The van der Waals surface area contributed by atoms with Crippen molar-refractivity contribution in [3.63, 3.8) is 0 Å². The first kappa shape index (κ1) is 32.2. The second kappa shape index (κ2) is 11.0. The molecule has 0 spiro atoms. The van der Waals surface area contributed by atoms with E-state index >= 15 is 0 Å². The molecule has 6 rings (SSSR count). The van der Waals surface area contributed by atoms with E-state index in [0.29, 0.717) is 24.7 Å². The summed E-state index contributed by atoms with van der Waals surface area (Å²) in [5.41, 5.74) is -5.45.